The predicted molar refractivity (Wildman–Crippen MR) is 127 cm³/mol. The Labute approximate surface area is 196 Å². The van der Waals surface area contributed by atoms with Gasteiger partial charge < -0.3 is 24.6 Å². The molecule has 8 nitrogen and oxygen atoms in total. The third-order valence-electron chi connectivity index (χ3n) is 5.00. The van der Waals surface area contributed by atoms with Gasteiger partial charge in [0.15, 0.2) is 5.96 Å². The summed E-state index contributed by atoms with van der Waals surface area (Å²) in [5.41, 5.74) is 1.03. The fourth-order valence-corrected chi connectivity index (χ4v) is 3.52. The molecule has 0 aromatic carbocycles. The number of nitrogens with one attached hydrogen (secondary N) is 1. The lowest BCUT2D eigenvalue weighted by molar-refractivity contribution is -0.142. The third-order valence-corrected chi connectivity index (χ3v) is 5.00. The highest BCUT2D eigenvalue weighted by atomic mass is 127. The Morgan fingerprint density at radius 1 is 1.30 bits per heavy atom. The Hall–Kier alpha value is -1.62. The van der Waals surface area contributed by atoms with E-state index in [0.29, 0.717) is 32.1 Å². The second-order valence-electron chi connectivity index (χ2n) is 7.66. The average Bonchev–Trinajstić information content (AvgIpc) is 3.26. The number of amides is 1. The highest BCUT2D eigenvalue weighted by molar-refractivity contribution is 14.0. The molecule has 0 saturated carbocycles. The summed E-state index contributed by atoms with van der Waals surface area (Å²) in [6, 6.07) is 3.88. The van der Waals surface area contributed by atoms with Gasteiger partial charge in [-0.25, -0.2) is 9.98 Å². The van der Waals surface area contributed by atoms with Gasteiger partial charge in [0.25, 0.3) is 5.91 Å². The van der Waals surface area contributed by atoms with Crippen molar-refractivity contribution in [1.29, 1.82) is 0 Å². The summed E-state index contributed by atoms with van der Waals surface area (Å²) < 4.78 is 11.1. The summed E-state index contributed by atoms with van der Waals surface area (Å²) in [4.78, 5) is 25.8. The fraction of sp³-hybridized carbons (Fsp3) is 0.667. The van der Waals surface area contributed by atoms with Gasteiger partial charge in [0.2, 0.25) is 5.88 Å². The zero-order chi connectivity index (χ0) is 20.6. The molecule has 9 heteroatoms. The van der Waals surface area contributed by atoms with E-state index in [0.717, 1.165) is 44.0 Å². The van der Waals surface area contributed by atoms with Crippen molar-refractivity contribution in [2.24, 2.45) is 4.99 Å². The molecule has 2 aliphatic heterocycles. The maximum Gasteiger partial charge on any atom is 0.251 e. The van der Waals surface area contributed by atoms with Gasteiger partial charge in [-0.15, -0.1) is 24.0 Å². The van der Waals surface area contributed by atoms with Gasteiger partial charge in [-0.2, -0.15) is 0 Å². The molecule has 30 heavy (non-hydrogen) atoms. The summed E-state index contributed by atoms with van der Waals surface area (Å²) in [6.07, 6.45) is 3.50. The van der Waals surface area contributed by atoms with E-state index in [-0.39, 0.29) is 42.1 Å². The lowest BCUT2D eigenvalue weighted by Crippen LogP contribution is -2.55. The smallest absolute Gasteiger partial charge is 0.251 e. The number of aromatic nitrogens is 1. The number of hydrogen-bond acceptors (Lipinski definition) is 5. The molecule has 1 aromatic heterocycles. The molecule has 2 saturated heterocycles. The first-order valence-corrected chi connectivity index (χ1v) is 10.6. The Morgan fingerprint density at radius 2 is 2.03 bits per heavy atom. The summed E-state index contributed by atoms with van der Waals surface area (Å²) in [6.45, 7) is 11.0. The van der Waals surface area contributed by atoms with Crippen molar-refractivity contribution < 1.29 is 14.3 Å². The maximum absolute atomic E-state index is 12.5. The molecule has 0 spiro atoms. The van der Waals surface area contributed by atoms with Gasteiger partial charge >= 0.3 is 0 Å². The molecule has 1 amide bonds. The van der Waals surface area contributed by atoms with Gasteiger partial charge in [0.05, 0.1) is 12.6 Å². The van der Waals surface area contributed by atoms with Crippen LogP contribution < -0.4 is 10.1 Å². The fourth-order valence-electron chi connectivity index (χ4n) is 3.52. The first-order valence-electron chi connectivity index (χ1n) is 10.6. The van der Waals surface area contributed by atoms with Crippen molar-refractivity contribution >= 4 is 35.8 Å². The minimum atomic E-state index is -0.237. The Morgan fingerprint density at radius 3 is 2.60 bits per heavy atom. The Balaban J connectivity index is 0.00000320. The van der Waals surface area contributed by atoms with Crippen LogP contribution >= 0.6 is 24.0 Å². The van der Waals surface area contributed by atoms with Gasteiger partial charge in [-0.05, 0) is 39.2 Å². The second kappa shape index (κ2) is 12.3. The molecule has 0 radical (unpaired) electrons. The van der Waals surface area contributed by atoms with Gasteiger partial charge in [-0.1, -0.05) is 6.07 Å². The Bertz CT molecular complexity index is 684. The van der Waals surface area contributed by atoms with E-state index in [1.54, 1.807) is 0 Å². The lowest BCUT2D eigenvalue weighted by atomic mass is 10.2. The Kier molecular flexibility index (Phi) is 10.1. The summed E-state index contributed by atoms with van der Waals surface area (Å²) in [5, 5.41) is 3.36. The number of pyridine rings is 1. The van der Waals surface area contributed by atoms with Gasteiger partial charge in [-0.3, -0.25) is 4.79 Å². The van der Waals surface area contributed by atoms with Crippen molar-refractivity contribution in [2.75, 3.05) is 39.3 Å². The number of halogens is 1. The highest BCUT2D eigenvalue weighted by Crippen LogP contribution is 2.16. The van der Waals surface area contributed by atoms with Crippen LogP contribution in [0.5, 0.6) is 5.88 Å². The number of piperazine rings is 1. The molecule has 2 fully saturated rings. The molecule has 0 bridgehead atoms. The maximum atomic E-state index is 12.5. The third kappa shape index (κ3) is 6.97. The van der Waals surface area contributed by atoms with Crippen LogP contribution in [0.2, 0.25) is 0 Å². The molecule has 0 aliphatic carbocycles. The van der Waals surface area contributed by atoms with Crippen LogP contribution in [-0.4, -0.2) is 78.2 Å². The van der Waals surface area contributed by atoms with Crippen LogP contribution in [0, 0.1) is 0 Å². The van der Waals surface area contributed by atoms with Crippen molar-refractivity contribution in [2.45, 2.75) is 52.4 Å². The molecule has 1 unspecified atom stereocenters. The van der Waals surface area contributed by atoms with E-state index in [9.17, 15) is 4.79 Å². The number of hydrogen-bond donors (Lipinski definition) is 1. The molecule has 1 N–H and O–H groups in total. The monoisotopic (exact) mass is 531 g/mol. The van der Waals surface area contributed by atoms with Crippen molar-refractivity contribution in [3.05, 3.63) is 23.9 Å². The molecule has 168 valence electrons. The predicted octanol–water partition coefficient (Wildman–Crippen LogP) is 2.28. The standard InChI is InChI=1S/C21H33N5O3.HI/c1-4-22-21(24-15-17-7-8-19(23-14-17)29-16(2)3)26-11-9-25(10-12-26)20(27)18-6-5-13-28-18;/h7-8,14,16,18H,4-6,9-13,15H2,1-3H3,(H,22,24);1H. The van der Waals surface area contributed by atoms with Crippen LogP contribution in [0.4, 0.5) is 0 Å². The van der Waals surface area contributed by atoms with Crippen molar-refractivity contribution in [3.8, 4) is 5.88 Å². The molecule has 3 heterocycles. The summed E-state index contributed by atoms with van der Waals surface area (Å²) in [7, 11) is 0. The highest BCUT2D eigenvalue weighted by Gasteiger charge is 2.30. The molecule has 1 atom stereocenters. The first-order chi connectivity index (χ1) is 14.1. The van der Waals surface area contributed by atoms with E-state index in [1.165, 1.54) is 0 Å². The zero-order valence-corrected chi connectivity index (χ0v) is 20.5. The number of carbonyl (C=O) groups excluding carboxylic acids is 1. The van der Waals surface area contributed by atoms with Gasteiger partial charge in [0, 0.05) is 51.6 Å². The van der Waals surface area contributed by atoms with Crippen LogP contribution in [-0.2, 0) is 16.1 Å². The van der Waals surface area contributed by atoms with Crippen molar-refractivity contribution in [1.82, 2.24) is 20.1 Å². The normalized spacial score (nSPS) is 19.6. The molecule has 1 aromatic rings. The van der Waals surface area contributed by atoms with E-state index in [1.807, 2.05) is 37.1 Å². The molecular weight excluding hydrogens is 497 g/mol. The quantitative estimate of drug-likeness (QED) is 0.345. The number of guanidine groups is 1. The largest absolute Gasteiger partial charge is 0.475 e. The van der Waals surface area contributed by atoms with Gasteiger partial charge in [0.1, 0.15) is 6.10 Å². The van der Waals surface area contributed by atoms with E-state index >= 15 is 0 Å². The minimum absolute atomic E-state index is 0. The summed E-state index contributed by atoms with van der Waals surface area (Å²) >= 11 is 0. The van der Waals surface area contributed by atoms with E-state index < -0.39 is 0 Å². The number of nitrogens with zero attached hydrogens (tertiary/aromatic N) is 4. The van der Waals surface area contributed by atoms with Crippen LogP contribution in [0.3, 0.4) is 0 Å². The van der Waals surface area contributed by atoms with Crippen LogP contribution in [0.25, 0.3) is 0 Å². The SMILES string of the molecule is CCNC(=NCc1ccc(OC(C)C)nc1)N1CCN(C(=O)C2CCCO2)CC1.I. The molecule has 3 rings (SSSR count). The molecular formula is C21H34IN5O3. The van der Waals surface area contributed by atoms with Crippen LogP contribution in [0.15, 0.2) is 23.3 Å². The van der Waals surface area contributed by atoms with Crippen LogP contribution in [0.1, 0.15) is 39.2 Å². The van der Waals surface area contributed by atoms with E-state index in [4.69, 9.17) is 14.5 Å². The minimum Gasteiger partial charge on any atom is -0.475 e. The number of rotatable bonds is 6. The number of carbonyl (C=O) groups is 1. The van der Waals surface area contributed by atoms with E-state index in [2.05, 4.69) is 22.1 Å². The lowest BCUT2D eigenvalue weighted by Gasteiger charge is -2.37. The summed E-state index contributed by atoms with van der Waals surface area (Å²) in [5.74, 6) is 1.64. The first kappa shape index (κ1) is 24.6. The molecule has 2 aliphatic rings. The zero-order valence-electron chi connectivity index (χ0n) is 18.2. The topological polar surface area (TPSA) is 79.3 Å². The number of aliphatic imine (C=N–C) groups is 1. The second-order valence-corrected chi connectivity index (χ2v) is 7.66. The average molecular weight is 531 g/mol. The number of ether oxygens (including phenoxy) is 2. The van der Waals surface area contributed by atoms with Crippen molar-refractivity contribution in [3.63, 3.8) is 0 Å².